The first-order valence-corrected chi connectivity index (χ1v) is 7.59. The van der Waals surface area contributed by atoms with Gasteiger partial charge in [-0.2, -0.15) is 0 Å². The standard InChI is InChI=1S/C15H21N3O2/c19-13-6-14(7-13)20-15-5-10(3-4-17-15)18-11-1-2-12(18)9-16-8-11/h3-5,11-14,16,19H,1-2,6-9H2/t11?,12?,13-,14+. The fraction of sp³-hybridized carbons (Fsp3) is 0.667. The third-order valence-electron chi connectivity index (χ3n) is 4.75. The summed E-state index contributed by atoms with van der Waals surface area (Å²) < 4.78 is 5.83. The van der Waals surface area contributed by atoms with Crippen LogP contribution in [0, 0.1) is 0 Å². The van der Waals surface area contributed by atoms with Crippen molar-refractivity contribution in [3.63, 3.8) is 0 Å². The van der Waals surface area contributed by atoms with Crippen LogP contribution in [0.4, 0.5) is 5.69 Å². The van der Waals surface area contributed by atoms with E-state index in [1.807, 2.05) is 6.20 Å². The number of nitrogens with one attached hydrogen (secondary N) is 1. The first-order valence-electron chi connectivity index (χ1n) is 7.59. The highest BCUT2D eigenvalue weighted by molar-refractivity contribution is 5.52. The first kappa shape index (κ1) is 12.4. The average Bonchev–Trinajstić information content (AvgIpc) is 2.67. The van der Waals surface area contributed by atoms with Crippen LogP contribution in [-0.4, -0.2) is 47.5 Å². The highest BCUT2D eigenvalue weighted by Crippen LogP contribution is 2.34. The van der Waals surface area contributed by atoms with Gasteiger partial charge in [0.2, 0.25) is 5.88 Å². The summed E-state index contributed by atoms with van der Waals surface area (Å²) in [6.07, 6.45) is 5.77. The summed E-state index contributed by atoms with van der Waals surface area (Å²) in [4.78, 5) is 6.83. The van der Waals surface area contributed by atoms with Crippen molar-refractivity contribution in [1.29, 1.82) is 0 Å². The van der Waals surface area contributed by atoms with Crippen LogP contribution in [0.2, 0.25) is 0 Å². The zero-order valence-electron chi connectivity index (χ0n) is 11.5. The van der Waals surface area contributed by atoms with E-state index in [0.717, 1.165) is 25.9 Å². The van der Waals surface area contributed by atoms with Crippen LogP contribution >= 0.6 is 0 Å². The Kier molecular flexibility index (Phi) is 3.04. The van der Waals surface area contributed by atoms with Gasteiger partial charge < -0.3 is 20.1 Å². The van der Waals surface area contributed by atoms with Crippen LogP contribution in [0.15, 0.2) is 18.3 Å². The molecule has 2 aliphatic heterocycles. The number of anilines is 1. The number of pyridine rings is 1. The van der Waals surface area contributed by atoms with Crippen molar-refractivity contribution >= 4 is 5.69 Å². The second kappa shape index (κ2) is 4.90. The van der Waals surface area contributed by atoms with E-state index in [1.54, 1.807) is 0 Å². The maximum absolute atomic E-state index is 9.32. The summed E-state index contributed by atoms with van der Waals surface area (Å²) in [6, 6.07) is 5.35. The van der Waals surface area contributed by atoms with E-state index in [1.165, 1.54) is 18.5 Å². The fourth-order valence-corrected chi connectivity index (χ4v) is 3.63. The molecule has 108 valence electrons. The van der Waals surface area contributed by atoms with Gasteiger partial charge in [-0.05, 0) is 18.9 Å². The molecule has 0 aromatic carbocycles. The molecule has 3 heterocycles. The van der Waals surface area contributed by atoms with E-state index in [2.05, 4.69) is 27.3 Å². The Morgan fingerprint density at radius 2 is 2.00 bits per heavy atom. The number of hydrogen-bond donors (Lipinski definition) is 2. The molecular weight excluding hydrogens is 254 g/mol. The normalized spacial score (nSPS) is 35.8. The summed E-state index contributed by atoms with van der Waals surface area (Å²) in [5.74, 6) is 0.692. The largest absolute Gasteiger partial charge is 0.474 e. The van der Waals surface area contributed by atoms with E-state index < -0.39 is 0 Å². The first-order chi connectivity index (χ1) is 9.79. The number of aliphatic hydroxyl groups excluding tert-OH is 1. The van der Waals surface area contributed by atoms with Crippen molar-refractivity contribution < 1.29 is 9.84 Å². The summed E-state index contributed by atoms with van der Waals surface area (Å²) in [5, 5.41) is 12.8. The Morgan fingerprint density at radius 1 is 1.25 bits per heavy atom. The molecule has 1 aromatic heterocycles. The minimum Gasteiger partial charge on any atom is -0.474 e. The molecule has 2 saturated heterocycles. The smallest absolute Gasteiger partial charge is 0.215 e. The molecule has 2 atom stereocenters. The molecule has 0 spiro atoms. The van der Waals surface area contributed by atoms with Crippen molar-refractivity contribution in [1.82, 2.24) is 10.3 Å². The van der Waals surface area contributed by atoms with Gasteiger partial charge in [0, 0.05) is 56.0 Å². The monoisotopic (exact) mass is 275 g/mol. The maximum atomic E-state index is 9.32. The van der Waals surface area contributed by atoms with E-state index in [-0.39, 0.29) is 12.2 Å². The molecule has 1 aliphatic carbocycles. The van der Waals surface area contributed by atoms with Crippen LogP contribution in [0.3, 0.4) is 0 Å². The van der Waals surface area contributed by atoms with Crippen molar-refractivity contribution in [3.8, 4) is 5.88 Å². The Labute approximate surface area is 119 Å². The van der Waals surface area contributed by atoms with E-state index in [4.69, 9.17) is 4.74 Å². The molecule has 20 heavy (non-hydrogen) atoms. The summed E-state index contributed by atoms with van der Waals surface area (Å²) in [7, 11) is 0. The minimum atomic E-state index is -0.188. The molecule has 4 rings (SSSR count). The number of aromatic nitrogens is 1. The molecule has 0 amide bonds. The minimum absolute atomic E-state index is 0.132. The van der Waals surface area contributed by atoms with Crippen LogP contribution in [0.5, 0.6) is 5.88 Å². The Bertz CT molecular complexity index is 474. The van der Waals surface area contributed by atoms with E-state index >= 15 is 0 Å². The quantitative estimate of drug-likeness (QED) is 0.859. The molecule has 1 aromatic rings. The number of aliphatic hydroxyl groups is 1. The molecule has 2 bridgehead atoms. The SMILES string of the molecule is O[C@H]1C[C@@H](Oc2cc(N3C4CCC3CNC4)ccn2)C1. The second-order valence-electron chi connectivity index (χ2n) is 6.17. The van der Waals surface area contributed by atoms with Crippen molar-refractivity contribution in [2.24, 2.45) is 0 Å². The van der Waals surface area contributed by atoms with Gasteiger partial charge in [0.25, 0.3) is 0 Å². The lowest BCUT2D eigenvalue weighted by Crippen LogP contribution is -2.52. The molecule has 2 unspecified atom stereocenters. The maximum Gasteiger partial charge on any atom is 0.215 e. The van der Waals surface area contributed by atoms with Gasteiger partial charge in [0.1, 0.15) is 6.10 Å². The zero-order valence-corrected chi connectivity index (χ0v) is 11.5. The van der Waals surface area contributed by atoms with Crippen LogP contribution in [0.25, 0.3) is 0 Å². The fourth-order valence-electron chi connectivity index (χ4n) is 3.63. The lowest BCUT2D eigenvalue weighted by atomic mass is 9.92. The zero-order chi connectivity index (χ0) is 13.5. The summed E-state index contributed by atoms with van der Waals surface area (Å²) in [5.41, 5.74) is 1.23. The van der Waals surface area contributed by atoms with Gasteiger partial charge in [-0.3, -0.25) is 0 Å². The predicted octanol–water partition coefficient (Wildman–Crippen LogP) is 0.924. The van der Waals surface area contributed by atoms with Gasteiger partial charge in [-0.25, -0.2) is 4.98 Å². The molecule has 5 heteroatoms. The number of hydrogen-bond acceptors (Lipinski definition) is 5. The van der Waals surface area contributed by atoms with Gasteiger partial charge in [0.15, 0.2) is 0 Å². The molecule has 3 fully saturated rings. The summed E-state index contributed by atoms with van der Waals surface area (Å²) in [6.45, 7) is 2.15. The van der Waals surface area contributed by atoms with Crippen molar-refractivity contribution in [3.05, 3.63) is 18.3 Å². The molecular formula is C15H21N3O2. The Morgan fingerprint density at radius 3 is 2.70 bits per heavy atom. The number of fused-ring (bicyclic) bond motifs is 2. The van der Waals surface area contributed by atoms with Gasteiger partial charge >= 0.3 is 0 Å². The lowest BCUT2D eigenvalue weighted by Gasteiger charge is -2.37. The Hall–Kier alpha value is -1.33. The van der Waals surface area contributed by atoms with Crippen molar-refractivity contribution in [2.75, 3.05) is 18.0 Å². The highest BCUT2D eigenvalue weighted by atomic mass is 16.5. The second-order valence-corrected chi connectivity index (χ2v) is 6.17. The molecule has 1 saturated carbocycles. The third-order valence-corrected chi connectivity index (χ3v) is 4.75. The topological polar surface area (TPSA) is 57.6 Å². The van der Waals surface area contributed by atoms with Gasteiger partial charge in [-0.15, -0.1) is 0 Å². The molecule has 2 N–H and O–H groups in total. The van der Waals surface area contributed by atoms with E-state index in [9.17, 15) is 5.11 Å². The van der Waals surface area contributed by atoms with Crippen LogP contribution < -0.4 is 15.0 Å². The Balaban J connectivity index is 1.51. The van der Waals surface area contributed by atoms with Crippen LogP contribution in [0.1, 0.15) is 25.7 Å². The number of ether oxygens (including phenoxy) is 1. The molecule has 0 radical (unpaired) electrons. The molecule has 5 nitrogen and oxygen atoms in total. The van der Waals surface area contributed by atoms with E-state index in [0.29, 0.717) is 18.0 Å². The highest BCUT2D eigenvalue weighted by Gasteiger charge is 2.36. The third kappa shape index (κ3) is 2.15. The number of nitrogens with zero attached hydrogens (tertiary/aromatic N) is 2. The predicted molar refractivity (Wildman–Crippen MR) is 76.1 cm³/mol. The van der Waals surface area contributed by atoms with Gasteiger partial charge in [-0.1, -0.05) is 0 Å². The van der Waals surface area contributed by atoms with Crippen molar-refractivity contribution in [2.45, 2.75) is 50.0 Å². The lowest BCUT2D eigenvalue weighted by molar-refractivity contribution is -0.0128. The summed E-state index contributed by atoms with van der Waals surface area (Å²) >= 11 is 0. The van der Waals surface area contributed by atoms with Crippen LogP contribution in [-0.2, 0) is 0 Å². The molecule has 3 aliphatic rings. The van der Waals surface area contributed by atoms with Gasteiger partial charge in [0.05, 0.1) is 6.10 Å². The number of rotatable bonds is 3. The average molecular weight is 275 g/mol. The number of piperazine rings is 1.